The number of fused-ring (bicyclic) bond motifs is 1. The maximum absolute atomic E-state index is 12.2. The summed E-state index contributed by atoms with van der Waals surface area (Å²) in [6, 6.07) is 6.35. The Bertz CT molecular complexity index is 695. The molecule has 124 valence electrons. The molecule has 1 heterocycles. The van der Waals surface area contributed by atoms with Crippen LogP contribution in [0.1, 0.15) is 25.8 Å². The van der Waals surface area contributed by atoms with E-state index in [2.05, 4.69) is 10.3 Å². The molecule has 6 nitrogen and oxygen atoms in total. The first-order valence-corrected chi connectivity index (χ1v) is 7.84. The third-order valence-corrected chi connectivity index (χ3v) is 4.32. The molecule has 0 aliphatic rings. The zero-order chi connectivity index (χ0) is 17.0. The maximum Gasteiger partial charge on any atom is 0.240 e. The Morgan fingerprint density at radius 1 is 1.30 bits per heavy atom. The van der Waals surface area contributed by atoms with Crippen molar-refractivity contribution in [1.29, 1.82) is 0 Å². The number of primary amides is 1. The number of amides is 2. The summed E-state index contributed by atoms with van der Waals surface area (Å²) in [5, 5.41) is 3.70. The van der Waals surface area contributed by atoms with Gasteiger partial charge in [0.1, 0.15) is 6.04 Å². The van der Waals surface area contributed by atoms with Gasteiger partial charge in [-0.3, -0.25) is 9.59 Å². The van der Waals surface area contributed by atoms with Crippen LogP contribution in [0, 0.1) is 5.92 Å². The third kappa shape index (κ3) is 3.90. The Labute approximate surface area is 135 Å². The average Bonchev–Trinajstić information content (AvgIpc) is 2.95. The number of aromatic amines is 1. The Morgan fingerprint density at radius 3 is 2.65 bits per heavy atom. The Morgan fingerprint density at radius 2 is 2.00 bits per heavy atom. The second-order valence-electron chi connectivity index (χ2n) is 5.94. The molecule has 6 N–H and O–H groups in total. The van der Waals surface area contributed by atoms with Crippen molar-refractivity contribution in [2.24, 2.45) is 17.4 Å². The summed E-state index contributed by atoms with van der Waals surface area (Å²) < 4.78 is 0. The van der Waals surface area contributed by atoms with E-state index in [0.717, 1.165) is 22.9 Å². The molecule has 0 saturated heterocycles. The van der Waals surface area contributed by atoms with E-state index < -0.39 is 18.0 Å². The summed E-state index contributed by atoms with van der Waals surface area (Å²) in [4.78, 5) is 27.1. The van der Waals surface area contributed by atoms with E-state index >= 15 is 0 Å². The van der Waals surface area contributed by atoms with Crippen molar-refractivity contribution < 1.29 is 9.59 Å². The maximum atomic E-state index is 12.2. The van der Waals surface area contributed by atoms with Gasteiger partial charge in [-0.15, -0.1) is 0 Å². The smallest absolute Gasteiger partial charge is 0.240 e. The third-order valence-electron chi connectivity index (χ3n) is 4.32. The second kappa shape index (κ2) is 7.28. The lowest BCUT2D eigenvalue weighted by Gasteiger charge is -2.21. The number of hydrogen-bond acceptors (Lipinski definition) is 3. The van der Waals surface area contributed by atoms with Crippen LogP contribution in [0.2, 0.25) is 0 Å². The van der Waals surface area contributed by atoms with Crippen LogP contribution in [0.4, 0.5) is 0 Å². The molecular formula is C17H24N4O2. The molecule has 0 fully saturated rings. The summed E-state index contributed by atoms with van der Waals surface area (Å²) in [5.74, 6) is -0.875. The monoisotopic (exact) mass is 316 g/mol. The minimum atomic E-state index is -0.781. The average molecular weight is 316 g/mol. The fourth-order valence-electron chi connectivity index (χ4n) is 2.52. The minimum Gasteiger partial charge on any atom is -0.368 e. The van der Waals surface area contributed by atoms with Crippen molar-refractivity contribution in [3.05, 3.63) is 36.0 Å². The van der Waals surface area contributed by atoms with Gasteiger partial charge in [-0.1, -0.05) is 38.5 Å². The number of para-hydroxylation sites is 1. The predicted octanol–water partition coefficient (Wildman–Crippen LogP) is 1.05. The van der Waals surface area contributed by atoms with Crippen LogP contribution < -0.4 is 16.8 Å². The largest absolute Gasteiger partial charge is 0.368 e. The number of H-pyrrole nitrogens is 1. The molecule has 6 heteroatoms. The quantitative estimate of drug-likeness (QED) is 0.612. The van der Waals surface area contributed by atoms with Crippen molar-refractivity contribution >= 4 is 22.7 Å². The van der Waals surface area contributed by atoms with Gasteiger partial charge in [-0.25, -0.2) is 0 Å². The number of hydrogen-bond donors (Lipinski definition) is 4. The number of rotatable bonds is 7. The molecule has 0 radical (unpaired) electrons. The molecule has 2 rings (SSSR count). The molecule has 2 amide bonds. The van der Waals surface area contributed by atoms with Crippen molar-refractivity contribution in [2.75, 3.05) is 0 Å². The second-order valence-corrected chi connectivity index (χ2v) is 5.94. The van der Waals surface area contributed by atoms with Gasteiger partial charge in [0.15, 0.2) is 0 Å². The first-order valence-electron chi connectivity index (χ1n) is 7.84. The highest BCUT2D eigenvalue weighted by molar-refractivity contribution is 5.90. The van der Waals surface area contributed by atoms with Gasteiger partial charge in [0, 0.05) is 23.5 Å². The van der Waals surface area contributed by atoms with Crippen LogP contribution in [-0.2, 0) is 16.0 Å². The Kier molecular flexibility index (Phi) is 5.39. The predicted molar refractivity (Wildman–Crippen MR) is 90.6 cm³/mol. The van der Waals surface area contributed by atoms with E-state index in [0.29, 0.717) is 6.42 Å². The summed E-state index contributed by atoms with van der Waals surface area (Å²) >= 11 is 0. The zero-order valence-electron chi connectivity index (χ0n) is 13.5. The standard InChI is InChI=1S/C17H24N4O2/c1-3-10(2)15(18)17(23)21-14(16(19)22)8-11-9-20-13-7-5-4-6-12(11)13/h4-7,9-10,14-15,20H,3,8,18H2,1-2H3,(H2,19,22)(H,21,23)/t10-,14+,15-/m0/s1. The lowest BCUT2D eigenvalue weighted by Crippen LogP contribution is -2.53. The van der Waals surface area contributed by atoms with Crippen LogP contribution in [0.25, 0.3) is 10.9 Å². The highest BCUT2D eigenvalue weighted by Crippen LogP contribution is 2.19. The number of carbonyl (C=O) groups is 2. The number of benzene rings is 1. The zero-order valence-corrected chi connectivity index (χ0v) is 13.5. The molecule has 1 aromatic heterocycles. The van der Waals surface area contributed by atoms with Crippen molar-refractivity contribution in [1.82, 2.24) is 10.3 Å². The summed E-state index contributed by atoms with van der Waals surface area (Å²) in [6.07, 6.45) is 2.96. The van der Waals surface area contributed by atoms with E-state index in [-0.39, 0.29) is 11.8 Å². The van der Waals surface area contributed by atoms with Crippen LogP contribution in [0.15, 0.2) is 30.5 Å². The van der Waals surface area contributed by atoms with E-state index in [1.165, 1.54) is 0 Å². The molecule has 0 spiro atoms. The first kappa shape index (κ1) is 17.0. The van der Waals surface area contributed by atoms with Gasteiger partial charge in [0.25, 0.3) is 0 Å². The van der Waals surface area contributed by atoms with E-state index in [9.17, 15) is 9.59 Å². The molecule has 2 aromatic rings. The molecular weight excluding hydrogens is 292 g/mol. The number of nitrogens with two attached hydrogens (primary N) is 2. The highest BCUT2D eigenvalue weighted by atomic mass is 16.2. The Hall–Kier alpha value is -2.34. The number of carbonyl (C=O) groups excluding carboxylic acids is 2. The van der Waals surface area contributed by atoms with Crippen molar-refractivity contribution in [2.45, 2.75) is 38.8 Å². The minimum absolute atomic E-state index is 0.0385. The lowest BCUT2D eigenvalue weighted by molar-refractivity contribution is -0.128. The van der Waals surface area contributed by atoms with Gasteiger partial charge < -0.3 is 21.8 Å². The fraction of sp³-hybridized carbons (Fsp3) is 0.412. The van der Waals surface area contributed by atoms with Gasteiger partial charge >= 0.3 is 0 Å². The molecule has 23 heavy (non-hydrogen) atoms. The molecule has 0 saturated carbocycles. The highest BCUT2D eigenvalue weighted by Gasteiger charge is 2.25. The van der Waals surface area contributed by atoms with E-state index in [1.807, 2.05) is 44.3 Å². The van der Waals surface area contributed by atoms with Crippen LogP contribution in [0.3, 0.4) is 0 Å². The van der Waals surface area contributed by atoms with E-state index in [4.69, 9.17) is 11.5 Å². The fourth-order valence-corrected chi connectivity index (χ4v) is 2.52. The SMILES string of the molecule is CC[C@H](C)[C@H](N)C(=O)N[C@H](Cc1c[nH]c2ccccc12)C(N)=O. The summed E-state index contributed by atoms with van der Waals surface area (Å²) in [6.45, 7) is 3.87. The van der Waals surface area contributed by atoms with Crippen LogP contribution in [-0.4, -0.2) is 28.9 Å². The van der Waals surface area contributed by atoms with Gasteiger partial charge in [0.05, 0.1) is 6.04 Å². The number of aromatic nitrogens is 1. The topological polar surface area (TPSA) is 114 Å². The number of nitrogens with one attached hydrogen (secondary N) is 2. The summed E-state index contributed by atoms with van der Waals surface area (Å²) in [5.41, 5.74) is 13.3. The molecule has 3 atom stereocenters. The van der Waals surface area contributed by atoms with Crippen LogP contribution >= 0.6 is 0 Å². The van der Waals surface area contributed by atoms with Gasteiger partial charge in [-0.05, 0) is 17.5 Å². The molecule has 0 bridgehead atoms. The van der Waals surface area contributed by atoms with Crippen molar-refractivity contribution in [3.63, 3.8) is 0 Å². The molecule has 0 unspecified atom stereocenters. The normalized spacial score (nSPS) is 15.1. The lowest BCUT2D eigenvalue weighted by atomic mass is 9.98. The first-order chi connectivity index (χ1) is 10.9. The molecule has 0 aliphatic heterocycles. The van der Waals surface area contributed by atoms with E-state index in [1.54, 1.807) is 0 Å². The molecule has 1 aromatic carbocycles. The van der Waals surface area contributed by atoms with Gasteiger partial charge in [0.2, 0.25) is 11.8 Å². The van der Waals surface area contributed by atoms with Gasteiger partial charge in [-0.2, -0.15) is 0 Å². The Balaban J connectivity index is 2.13. The molecule has 0 aliphatic carbocycles. The summed E-state index contributed by atoms with van der Waals surface area (Å²) in [7, 11) is 0. The van der Waals surface area contributed by atoms with Crippen molar-refractivity contribution in [3.8, 4) is 0 Å². The van der Waals surface area contributed by atoms with Crippen LogP contribution in [0.5, 0.6) is 0 Å².